The molecule has 1 aliphatic heterocycles. The van der Waals surface area contributed by atoms with Crippen molar-refractivity contribution < 1.29 is 13.9 Å². The number of carbonyl (C=O) groups is 1. The maximum Gasteiger partial charge on any atom is 0.264 e. The van der Waals surface area contributed by atoms with Gasteiger partial charge in [0.25, 0.3) is 5.91 Å². The van der Waals surface area contributed by atoms with Crippen LogP contribution in [0.5, 0.6) is 0 Å². The molecule has 0 aromatic carbocycles. The molecular weight excluding hydrogens is 286 g/mol. The minimum atomic E-state index is -0.192. The van der Waals surface area contributed by atoms with Crippen molar-refractivity contribution >= 4 is 28.8 Å². The van der Waals surface area contributed by atoms with Gasteiger partial charge in [-0.1, -0.05) is 11.6 Å². The summed E-state index contributed by atoms with van der Waals surface area (Å²) in [4.78, 5) is 14.8. The van der Waals surface area contributed by atoms with Crippen molar-refractivity contribution in [3.8, 4) is 0 Å². The van der Waals surface area contributed by atoms with Crippen molar-refractivity contribution in [2.24, 2.45) is 0 Å². The summed E-state index contributed by atoms with van der Waals surface area (Å²) in [5.41, 5.74) is 0. The van der Waals surface area contributed by atoms with Crippen LogP contribution in [0.2, 0.25) is 4.34 Å². The third-order valence-electron chi connectivity index (χ3n) is 3.00. The standard InChI is InChI=1S/C13H12ClNO3S/c14-12-4-3-11(19-12)13(16)15-5-7-18-10(8-15)9-2-1-6-17-9/h1-4,6,10H,5,7-8H2/t10-/m0/s1. The fourth-order valence-corrected chi connectivity index (χ4v) is 3.08. The third kappa shape index (κ3) is 2.68. The van der Waals surface area contributed by atoms with Gasteiger partial charge in [0.1, 0.15) is 11.9 Å². The molecule has 6 heteroatoms. The molecule has 2 aromatic heterocycles. The molecule has 3 rings (SSSR count). The van der Waals surface area contributed by atoms with E-state index >= 15 is 0 Å². The van der Waals surface area contributed by atoms with Gasteiger partial charge in [-0.3, -0.25) is 4.79 Å². The van der Waals surface area contributed by atoms with Gasteiger partial charge < -0.3 is 14.1 Å². The number of carbonyl (C=O) groups excluding carboxylic acids is 1. The number of ether oxygens (including phenoxy) is 1. The zero-order chi connectivity index (χ0) is 13.2. The summed E-state index contributed by atoms with van der Waals surface area (Å²) in [5, 5.41) is 0. The molecule has 3 heterocycles. The van der Waals surface area contributed by atoms with Crippen molar-refractivity contribution in [2.45, 2.75) is 6.10 Å². The summed E-state index contributed by atoms with van der Waals surface area (Å²) < 4.78 is 11.6. The van der Waals surface area contributed by atoms with E-state index in [1.165, 1.54) is 11.3 Å². The Bertz CT molecular complexity index is 566. The van der Waals surface area contributed by atoms with Gasteiger partial charge >= 0.3 is 0 Å². The number of hydrogen-bond acceptors (Lipinski definition) is 4. The smallest absolute Gasteiger partial charge is 0.264 e. The predicted octanol–water partition coefficient (Wildman–Crippen LogP) is 3.21. The molecule has 1 fully saturated rings. The monoisotopic (exact) mass is 297 g/mol. The number of hydrogen-bond donors (Lipinski definition) is 0. The van der Waals surface area contributed by atoms with Gasteiger partial charge in [0, 0.05) is 6.54 Å². The minimum Gasteiger partial charge on any atom is -0.467 e. The normalized spacial score (nSPS) is 19.6. The highest BCUT2D eigenvalue weighted by atomic mass is 35.5. The number of nitrogens with zero attached hydrogens (tertiary/aromatic N) is 1. The number of furan rings is 1. The largest absolute Gasteiger partial charge is 0.467 e. The van der Waals surface area contributed by atoms with Crippen LogP contribution in [0.15, 0.2) is 34.9 Å². The van der Waals surface area contributed by atoms with Crippen LogP contribution >= 0.6 is 22.9 Å². The first-order valence-corrected chi connectivity index (χ1v) is 7.13. The van der Waals surface area contributed by atoms with E-state index in [9.17, 15) is 4.79 Å². The molecule has 0 saturated carbocycles. The molecule has 1 saturated heterocycles. The Morgan fingerprint density at radius 1 is 1.42 bits per heavy atom. The van der Waals surface area contributed by atoms with Crippen LogP contribution in [-0.4, -0.2) is 30.5 Å². The Balaban J connectivity index is 1.73. The Hall–Kier alpha value is -1.30. The average molecular weight is 298 g/mol. The molecule has 2 aromatic rings. The van der Waals surface area contributed by atoms with Crippen molar-refractivity contribution in [2.75, 3.05) is 19.7 Å². The lowest BCUT2D eigenvalue weighted by atomic mass is 10.2. The lowest BCUT2D eigenvalue weighted by Gasteiger charge is -2.31. The second-order valence-electron chi connectivity index (χ2n) is 4.23. The quantitative estimate of drug-likeness (QED) is 0.855. The van der Waals surface area contributed by atoms with Gasteiger partial charge in [0.2, 0.25) is 0 Å². The Morgan fingerprint density at radius 3 is 3.00 bits per heavy atom. The van der Waals surface area contributed by atoms with Crippen LogP contribution in [0.1, 0.15) is 21.5 Å². The van der Waals surface area contributed by atoms with Crippen molar-refractivity contribution in [1.29, 1.82) is 0 Å². The molecule has 1 amide bonds. The molecule has 0 N–H and O–H groups in total. The molecular formula is C13H12ClNO3S. The van der Waals surface area contributed by atoms with E-state index in [1.54, 1.807) is 23.3 Å². The summed E-state index contributed by atoms with van der Waals surface area (Å²) in [7, 11) is 0. The first kappa shape index (κ1) is 12.7. The van der Waals surface area contributed by atoms with Crippen molar-refractivity contribution in [3.05, 3.63) is 45.5 Å². The van der Waals surface area contributed by atoms with Crippen molar-refractivity contribution in [1.82, 2.24) is 4.90 Å². The molecule has 1 aliphatic rings. The van der Waals surface area contributed by atoms with Gasteiger partial charge in [-0.05, 0) is 24.3 Å². The molecule has 0 unspecified atom stereocenters. The van der Waals surface area contributed by atoms with E-state index in [2.05, 4.69) is 0 Å². The summed E-state index contributed by atoms with van der Waals surface area (Å²) >= 11 is 7.16. The van der Waals surface area contributed by atoms with Crippen LogP contribution < -0.4 is 0 Å². The van der Waals surface area contributed by atoms with E-state index in [0.717, 1.165) is 5.76 Å². The molecule has 0 radical (unpaired) electrons. The van der Waals surface area contributed by atoms with Crippen LogP contribution in [0.25, 0.3) is 0 Å². The third-order valence-corrected chi connectivity index (χ3v) is 4.22. The zero-order valence-electron chi connectivity index (χ0n) is 10.0. The van der Waals surface area contributed by atoms with E-state index in [0.29, 0.717) is 28.9 Å². The number of rotatable bonds is 2. The number of halogens is 1. The fraction of sp³-hybridized carbons (Fsp3) is 0.308. The number of amides is 1. The van der Waals surface area contributed by atoms with Gasteiger partial charge in [-0.2, -0.15) is 0 Å². The predicted molar refractivity (Wildman–Crippen MR) is 72.6 cm³/mol. The summed E-state index contributed by atoms with van der Waals surface area (Å²) in [5.74, 6) is 0.749. The molecule has 0 aliphatic carbocycles. The second-order valence-corrected chi connectivity index (χ2v) is 5.94. The van der Waals surface area contributed by atoms with Gasteiger partial charge in [0.15, 0.2) is 0 Å². The Morgan fingerprint density at radius 2 is 2.32 bits per heavy atom. The highest BCUT2D eigenvalue weighted by molar-refractivity contribution is 7.17. The highest BCUT2D eigenvalue weighted by Gasteiger charge is 2.28. The van der Waals surface area contributed by atoms with Crippen molar-refractivity contribution in [3.63, 3.8) is 0 Å². The maximum atomic E-state index is 12.3. The average Bonchev–Trinajstić information content (AvgIpc) is 3.09. The van der Waals surface area contributed by atoms with Gasteiger partial charge in [0.05, 0.1) is 28.6 Å². The van der Waals surface area contributed by atoms with E-state index in [4.69, 9.17) is 20.8 Å². The SMILES string of the molecule is O=C(c1ccc(Cl)s1)N1CCO[C@H](c2ccco2)C1. The van der Waals surface area contributed by atoms with Gasteiger partial charge in [-0.25, -0.2) is 0 Å². The summed E-state index contributed by atoms with van der Waals surface area (Å²) in [6.07, 6.45) is 1.42. The summed E-state index contributed by atoms with van der Waals surface area (Å²) in [6, 6.07) is 7.18. The van der Waals surface area contributed by atoms with E-state index in [-0.39, 0.29) is 12.0 Å². The zero-order valence-corrected chi connectivity index (χ0v) is 11.6. The highest BCUT2D eigenvalue weighted by Crippen LogP contribution is 2.26. The molecule has 100 valence electrons. The molecule has 19 heavy (non-hydrogen) atoms. The molecule has 1 atom stereocenters. The van der Waals surface area contributed by atoms with E-state index in [1.807, 2.05) is 12.1 Å². The lowest BCUT2D eigenvalue weighted by molar-refractivity contribution is -0.0319. The van der Waals surface area contributed by atoms with Crippen LogP contribution in [-0.2, 0) is 4.74 Å². The fourth-order valence-electron chi connectivity index (χ4n) is 2.07. The van der Waals surface area contributed by atoms with Crippen LogP contribution in [0, 0.1) is 0 Å². The Labute approximate surface area is 119 Å². The van der Waals surface area contributed by atoms with E-state index < -0.39 is 0 Å². The maximum absolute atomic E-state index is 12.3. The first-order valence-electron chi connectivity index (χ1n) is 5.93. The Kier molecular flexibility index (Phi) is 3.59. The van der Waals surface area contributed by atoms with Crippen LogP contribution in [0.4, 0.5) is 0 Å². The molecule has 0 bridgehead atoms. The molecule has 4 nitrogen and oxygen atoms in total. The first-order chi connectivity index (χ1) is 9.24. The van der Waals surface area contributed by atoms with Crippen LogP contribution in [0.3, 0.4) is 0 Å². The second kappa shape index (κ2) is 5.36. The van der Waals surface area contributed by atoms with Gasteiger partial charge in [-0.15, -0.1) is 11.3 Å². The minimum absolute atomic E-state index is 0.00300. The lowest BCUT2D eigenvalue weighted by Crippen LogP contribution is -2.41. The topological polar surface area (TPSA) is 42.7 Å². The summed E-state index contributed by atoms with van der Waals surface area (Å²) in [6.45, 7) is 1.60. The number of morpholine rings is 1. The number of thiophene rings is 1. The molecule has 0 spiro atoms.